The number of non-ortho nitro benzene ring substituents is 1. The zero-order valence-electron chi connectivity index (χ0n) is 20.9. The lowest BCUT2D eigenvalue weighted by Crippen LogP contribution is -2.30. The highest BCUT2D eigenvalue weighted by molar-refractivity contribution is 6.11. The molecule has 38 heavy (non-hydrogen) atoms. The Morgan fingerprint density at radius 3 is 2.32 bits per heavy atom. The lowest BCUT2D eigenvalue weighted by Gasteiger charge is -2.12. The second-order valence-corrected chi connectivity index (χ2v) is 8.11. The second-order valence-electron chi connectivity index (χ2n) is 8.11. The lowest BCUT2D eigenvalue weighted by molar-refractivity contribution is -0.384. The molecule has 3 rings (SSSR count). The van der Waals surface area contributed by atoms with Gasteiger partial charge in [0.1, 0.15) is 11.4 Å². The average molecular weight is 518 g/mol. The van der Waals surface area contributed by atoms with E-state index in [1.165, 1.54) is 49.6 Å². The van der Waals surface area contributed by atoms with E-state index in [9.17, 15) is 24.5 Å². The smallest absolute Gasteiger partial charge is 0.337 e. The number of nitrogens with one attached hydrogen (secondary N) is 2. The van der Waals surface area contributed by atoms with Gasteiger partial charge < -0.3 is 20.1 Å². The van der Waals surface area contributed by atoms with Gasteiger partial charge in [0.15, 0.2) is 0 Å². The Kier molecular flexibility index (Phi) is 9.70. The van der Waals surface area contributed by atoms with Gasteiger partial charge in [0.25, 0.3) is 17.5 Å². The minimum Gasteiger partial charge on any atom is -0.494 e. The van der Waals surface area contributed by atoms with Crippen LogP contribution in [0.2, 0.25) is 0 Å². The first-order chi connectivity index (χ1) is 18.3. The molecule has 0 spiro atoms. The maximum Gasteiger partial charge on any atom is 0.337 e. The Hall–Kier alpha value is -4.99. The summed E-state index contributed by atoms with van der Waals surface area (Å²) < 4.78 is 10.3. The van der Waals surface area contributed by atoms with Gasteiger partial charge in [-0.15, -0.1) is 0 Å². The molecule has 0 aliphatic carbocycles. The standard InChI is InChI=1S/C28H27N3O7/c1-3-4-16-38-24-14-10-20(11-15-24)26(32)30-25(17-19-8-12-23(13-9-19)31(35)36)27(33)29-22-7-5-6-21(18-22)28(34)37-2/h5-15,17-18H,3-4,16H2,1-2H3,(H,29,33)(H,30,32). The fourth-order valence-corrected chi connectivity index (χ4v) is 3.29. The molecule has 0 fully saturated rings. The van der Waals surface area contributed by atoms with Crippen molar-refractivity contribution in [3.8, 4) is 5.75 Å². The van der Waals surface area contributed by atoms with E-state index in [4.69, 9.17) is 9.47 Å². The summed E-state index contributed by atoms with van der Waals surface area (Å²) in [6, 6.07) is 18.1. The Morgan fingerprint density at radius 1 is 0.974 bits per heavy atom. The molecule has 0 aromatic heterocycles. The Balaban J connectivity index is 1.84. The molecule has 0 saturated carbocycles. The zero-order valence-corrected chi connectivity index (χ0v) is 20.9. The van der Waals surface area contributed by atoms with Crippen LogP contribution < -0.4 is 15.4 Å². The molecular weight excluding hydrogens is 490 g/mol. The minimum atomic E-state index is -0.668. The predicted octanol–water partition coefficient (Wildman–Crippen LogP) is 4.97. The third-order valence-electron chi connectivity index (χ3n) is 5.33. The number of unbranched alkanes of at least 4 members (excludes halogenated alkanes) is 1. The van der Waals surface area contributed by atoms with Crippen molar-refractivity contribution in [3.05, 3.63) is 105 Å². The van der Waals surface area contributed by atoms with E-state index in [-0.39, 0.29) is 16.9 Å². The monoisotopic (exact) mass is 517 g/mol. The SMILES string of the molecule is CCCCOc1ccc(C(=O)NC(=Cc2ccc([N+](=O)[O-])cc2)C(=O)Nc2cccc(C(=O)OC)c2)cc1. The number of methoxy groups -OCH3 is 1. The minimum absolute atomic E-state index is 0.113. The van der Waals surface area contributed by atoms with Crippen molar-refractivity contribution in [3.63, 3.8) is 0 Å². The van der Waals surface area contributed by atoms with Crippen molar-refractivity contribution < 1.29 is 28.8 Å². The molecular formula is C28H27N3O7. The van der Waals surface area contributed by atoms with Crippen LogP contribution in [0.3, 0.4) is 0 Å². The van der Waals surface area contributed by atoms with E-state index in [2.05, 4.69) is 17.6 Å². The molecule has 10 nitrogen and oxygen atoms in total. The van der Waals surface area contributed by atoms with E-state index in [0.717, 1.165) is 12.8 Å². The Bertz CT molecular complexity index is 1330. The zero-order chi connectivity index (χ0) is 27.5. The molecule has 0 atom stereocenters. The number of nitro benzene ring substituents is 1. The first-order valence-electron chi connectivity index (χ1n) is 11.8. The predicted molar refractivity (Wildman–Crippen MR) is 142 cm³/mol. The molecule has 3 aromatic rings. The fourth-order valence-electron chi connectivity index (χ4n) is 3.29. The second kappa shape index (κ2) is 13.4. The number of hydrogen-bond acceptors (Lipinski definition) is 7. The first-order valence-corrected chi connectivity index (χ1v) is 11.8. The number of amides is 2. The number of carbonyl (C=O) groups excluding carboxylic acids is 3. The number of carbonyl (C=O) groups is 3. The van der Waals surface area contributed by atoms with Crippen LogP contribution in [0, 0.1) is 10.1 Å². The highest BCUT2D eigenvalue weighted by Gasteiger charge is 2.17. The van der Waals surface area contributed by atoms with Crippen LogP contribution in [0.1, 0.15) is 46.0 Å². The molecule has 0 saturated heterocycles. The molecule has 2 amide bonds. The summed E-state index contributed by atoms with van der Waals surface area (Å²) in [7, 11) is 1.25. The lowest BCUT2D eigenvalue weighted by atomic mass is 10.1. The molecule has 0 aliphatic rings. The van der Waals surface area contributed by atoms with Gasteiger partial charge in [-0.25, -0.2) is 4.79 Å². The molecule has 10 heteroatoms. The molecule has 2 N–H and O–H groups in total. The van der Waals surface area contributed by atoms with Crippen LogP contribution in [0.15, 0.2) is 78.5 Å². The van der Waals surface area contributed by atoms with E-state index < -0.39 is 22.7 Å². The van der Waals surface area contributed by atoms with Crippen LogP contribution in [-0.2, 0) is 9.53 Å². The summed E-state index contributed by atoms with van der Waals surface area (Å²) in [5, 5.41) is 16.2. The van der Waals surface area contributed by atoms with Gasteiger partial charge in [0.05, 0.1) is 24.2 Å². The number of hydrogen-bond donors (Lipinski definition) is 2. The van der Waals surface area contributed by atoms with Gasteiger partial charge in [-0.05, 0) is 72.7 Å². The van der Waals surface area contributed by atoms with Crippen molar-refractivity contribution in [2.45, 2.75) is 19.8 Å². The summed E-state index contributed by atoms with van der Waals surface area (Å²) in [4.78, 5) is 48.4. The Labute approximate surface area is 219 Å². The van der Waals surface area contributed by atoms with E-state index in [1.807, 2.05) is 0 Å². The van der Waals surface area contributed by atoms with Crippen molar-refractivity contribution in [1.29, 1.82) is 0 Å². The maximum absolute atomic E-state index is 13.2. The summed E-state index contributed by atoms with van der Waals surface area (Å²) in [6.45, 7) is 2.63. The topological polar surface area (TPSA) is 137 Å². The molecule has 0 radical (unpaired) electrons. The van der Waals surface area contributed by atoms with Gasteiger partial charge in [0.2, 0.25) is 0 Å². The quantitative estimate of drug-likeness (QED) is 0.120. The van der Waals surface area contributed by atoms with E-state index in [0.29, 0.717) is 29.2 Å². The highest BCUT2D eigenvalue weighted by Crippen LogP contribution is 2.17. The summed E-state index contributed by atoms with van der Waals surface area (Å²) >= 11 is 0. The van der Waals surface area contributed by atoms with Crippen LogP contribution in [0.4, 0.5) is 11.4 Å². The normalized spacial score (nSPS) is 10.8. The fraction of sp³-hybridized carbons (Fsp3) is 0.179. The molecule has 0 aliphatic heterocycles. The number of nitrogens with zero attached hydrogens (tertiary/aromatic N) is 1. The van der Waals surface area contributed by atoms with Crippen LogP contribution in [0.25, 0.3) is 6.08 Å². The first kappa shape index (κ1) is 27.6. The van der Waals surface area contributed by atoms with Crippen molar-refractivity contribution in [1.82, 2.24) is 5.32 Å². The summed E-state index contributed by atoms with van der Waals surface area (Å²) in [5.41, 5.74) is 1.05. The number of nitro groups is 1. The van der Waals surface area contributed by atoms with Gasteiger partial charge in [-0.3, -0.25) is 19.7 Å². The molecule has 196 valence electrons. The van der Waals surface area contributed by atoms with Crippen molar-refractivity contribution >= 4 is 35.2 Å². The van der Waals surface area contributed by atoms with Crippen molar-refractivity contribution in [2.75, 3.05) is 19.0 Å². The molecule has 3 aromatic carbocycles. The number of esters is 1. The maximum atomic E-state index is 13.2. The van der Waals surface area contributed by atoms with Gasteiger partial charge in [-0.2, -0.15) is 0 Å². The largest absolute Gasteiger partial charge is 0.494 e. The van der Waals surface area contributed by atoms with Gasteiger partial charge in [-0.1, -0.05) is 19.4 Å². The third kappa shape index (κ3) is 7.76. The third-order valence-corrected chi connectivity index (χ3v) is 5.33. The number of anilines is 1. The average Bonchev–Trinajstić information content (AvgIpc) is 2.93. The summed E-state index contributed by atoms with van der Waals surface area (Å²) in [5.74, 6) is -1.16. The number of ether oxygens (including phenoxy) is 2. The highest BCUT2D eigenvalue weighted by atomic mass is 16.6. The van der Waals surface area contributed by atoms with Crippen LogP contribution >= 0.6 is 0 Å². The van der Waals surface area contributed by atoms with Gasteiger partial charge >= 0.3 is 5.97 Å². The number of benzene rings is 3. The molecule has 0 unspecified atom stereocenters. The van der Waals surface area contributed by atoms with Gasteiger partial charge in [0, 0.05) is 23.4 Å². The van der Waals surface area contributed by atoms with E-state index >= 15 is 0 Å². The Morgan fingerprint density at radius 2 is 1.68 bits per heavy atom. The van der Waals surface area contributed by atoms with Crippen molar-refractivity contribution in [2.24, 2.45) is 0 Å². The van der Waals surface area contributed by atoms with Crippen LogP contribution in [-0.4, -0.2) is 36.4 Å². The molecule has 0 heterocycles. The van der Waals surface area contributed by atoms with Crippen LogP contribution in [0.5, 0.6) is 5.75 Å². The summed E-state index contributed by atoms with van der Waals surface area (Å²) in [6.07, 6.45) is 3.30. The molecule has 0 bridgehead atoms. The van der Waals surface area contributed by atoms with E-state index in [1.54, 1.807) is 36.4 Å². The number of rotatable bonds is 11.